The van der Waals surface area contributed by atoms with E-state index < -0.39 is 0 Å². The summed E-state index contributed by atoms with van der Waals surface area (Å²) in [6.07, 6.45) is 0.943. The predicted octanol–water partition coefficient (Wildman–Crippen LogP) is 1.10. The molecule has 0 fully saturated rings. The zero-order valence-corrected chi connectivity index (χ0v) is 10.2. The number of nitrogens with zero attached hydrogens (tertiary/aromatic N) is 3. The Hall–Kier alpha value is -1.53. The Morgan fingerprint density at radius 3 is 2.65 bits per heavy atom. The van der Waals surface area contributed by atoms with Gasteiger partial charge in [-0.3, -0.25) is 0 Å². The van der Waals surface area contributed by atoms with E-state index in [4.69, 9.17) is 11.6 Å². The van der Waals surface area contributed by atoms with Gasteiger partial charge in [-0.1, -0.05) is 42.1 Å². The van der Waals surface area contributed by atoms with E-state index in [0.29, 0.717) is 12.4 Å². The molecule has 0 bridgehead atoms. The van der Waals surface area contributed by atoms with Gasteiger partial charge >= 0.3 is 0 Å². The summed E-state index contributed by atoms with van der Waals surface area (Å²) in [5, 5.41) is 8.89. The highest BCUT2D eigenvalue weighted by Crippen LogP contribution is 2.21. The van der Waals surface area contributed by atoms with E-state index >= 15 is 0 Å². The number of rotatable bonds is 5. The van der Waals surface area contributed by atoms with Gasteiger partial charge < -0.3 is 11.6 Å². The van der Waals surface area contributed by atoms with Gasteiger partial charge in [-0.15, -0.1) is 10.2 Å². The molecule has 4 N–H and O–H groups in total. The fraction of sp³-hybridized carbons (Fsp3) is 0.273. The lowest BCUT2D eigenvalue weighted by molar-refractivity contribution is 0.845. The average Bonchev–Trinajstić information content (AvgIpc) is 2.73. The Morgan fingerprint density at radius 1 is 1.18 bits per heavy atom. The van der Waals surface area contributed by atoms with E-state index in [1.54, 1.807) is 11.8 Å². The van der Waals surface area contributed by atoms with Crippen molar-refractivity contribution in [2.75, 3.05) is 18.1 Å². The first-order chi connectivity index (χ1) is 8.33. The monoisotopic (exact) mass is 249 g/mol. The molecule has 6 heteroatoms. The minimum absolute atomic E-state index is 0.678. The topological polar surface area (TPSA) is 82.8 Å². The van der Waals surface area contributed by atoms with Crippen molar-refractivity contribution < 1.29 is 0 Å². The van der Waals surface area contributed by atoms with Crippen LogP contribution in [0.25, 0.3) is 11.4 Å². The number of aromatic nitrogens is 3. The molecule has 2 aromatic rings. The minimum atomic E-state index is 0.678. The van der Waals surface area contributed by atoms with Gasteiger partial charge in [-0.05, 0) is 13.0 Å². The molecule has 0 aliphatic carbocycles. The van der Waals surface area contributed by atoms with Crippen LogP contribution in [0.1, 0.15) is 6.42 Å². The van der Waals surface area contributed by atoms with Crippen molar-refractivity contribution in [1.29, 1.82) is 0 Å². The molecule has 1 aromatic heterocycles. The predicted molar refractivity (Wildman–Crippen MR) is 70.0 cm³/mol. The molecule has 0 aliphatic heterocycles. The lowest BCUT2D eigenvalue weighted by Gasteiger charge is -2.02. The molecule has 90 valence electrons. The van der Waals surface area contributed by atoms with Gasteiger partial charge in [-0.25, -0.2) is 4.68 Å². The number of hydrogen-bond acceptors (Lipinski definition) is 5. The maximum absolute atomic E-state index is 5.96. The number of hydrogen-bond donors (Lipinski definition) is 2. The lowest BCUT2D eigenvalue weighted by atomic mass is 10.2. The molecule has 0 saturated carbocycles. The standard InChI is InChI=1S/C11H15N5S/c12-7-4-8-17-11-15-14-10(16(11)13)9-5-2-1-3-6-9/h1-3,5-6H,4,7-8,12-13H2. The molecular weight excluding hydrogens is 234 g/mol. The van der Waals surface area contributed by atoms with Crippen LogP contribution in [0.2, 0.25) is 0 Å². The fourth-order valence-electron chi connectivity index (χ4n) is 1.41. The lowest BCUT2D eigenvalue weighted by Crippen LogP contribution is -2.12. The molecule has 0 aliphatic rings. The van der Waals surface area contributed by atoms with E-state index in [1.807, 2.05) is 30.3 Å². The summed E-state index contributed by atoms with van der Waals surface area (Å²) in [5.74, 6) is 7.54. The Labute approximate surface area is 104 Å². The smallest absolute Gasteiger partial charge is 0.210 e. The molecule has 17 heavy (non-hydrogen) atoms. The Kier molecular flexibility index (Phi) is 4.00. The van der Waals surface area contributed by atoms with Crippen LogP contribution in [-0.2, 0) is 0 Å². The summed E-state index contributed by atoms with van der Waals surface area (Å²) >= 11 is 1.57. The van der Waals surface area contributed by atoms with Crippen molar-refractivity contribution in [3.8, 4) is 11.4 Å². The SMILES string of the molecule is NCCCSc1nnc(-c2ccccc2)n1N. The molecule has 0 saturated heterocycles. The van der Waals surface area contributed by atoms with E-state index in [2.05, 4.69) is 10.2 Å². The summed E-state index contributed by atoms with van der Waals surface area (Å²) in [4.78, 5) is 0. The van der Waals surface area contributed by atoms with Gasteiger partial charge in [0.1, 0.15) is 0 Å². The molecular formula is C11H15N5S. The highest BCUT2D eigenvalue weighted by Gasteiger charge is 2.10. The van der Waals surface area contributed by atoms with E-state index in [9.17, 15) is 0 Å². The minimum Gasteiger partial charge on any atom is -0.335 e. The van der Waals surface area contributed by atoms with E-state index in [0.717, 1.165) is 22.9 Å². The zero-order valence-electron chi connectivity index (χ0n) is 9.41. The molecule has 2 rings (SSSR count). The van der Waals surface area contributed by atoms with Gasteiger partial charge in [0.25, 0.3) is 0 Å². The van der Waals surface area contributed by atoms with Crippen molar-refractivity contribution in [1.82, 2.24) is 14.9 Å². The highest BCUT2D eigenvalue weighted by atomic mass is 32.2. The van der Waals surface area contributed by atoms with Crippen molar-refractivity contribution in [2.24, 2.45) is 5.73 Å². The van der Waals surface area contributed by atoms with Crippen LogP contribution in [0.5, 0.6) is 0 Å². The van der Waals surface area contributed by atoms with Crippen molar-refractivity contribution in [3.05, 3.63) is 30.3 Å². The first-order valence-corrected chi connectivity index (χ1v) is 6.40. The maximum atomic E-state index is 5.96. The largest absolute Gasteiger partial charge is 0.335 e. The van der Waals surface area contributed by atoms with Crippen molar-refractivity contribution >= 4 is 11.8 Å². The second-order valence-electron chi connectivity index (χ2n) is 3.53. The number of benzene rings is 1. The Bertz CT molecular complexity index is 468. The second kappa shape index (κ2) is 5.70. The number of nitrogens with two attached hydrogens (primary N) is 2. The molecule has 5 nitrogen and oxygen atoms in total. The summed E-state index contributed by atoms with van der Waals surface area (Å²) < 4.78 is 1.52. The maximum Gasteiger partial charge on any atom is 0.210 e. The van der Waals surface area contributed by atoms with Gasteiger partial charge in [0.15, 0.2) is 5.82 Å². The highest BCUT2D eigenvalue weighted by molar-refractivity contribution is 7.99. The Balaban J connectivity index is 2.15. The fourth-order valence-corrected chi connectivity index (χ4v) is 2.22. The van der Waals surface area contributed by atoms with Gasteiger partial charge in [0, 0.05) is 11.3 Å². The van der Waals surface area contributed by atoms with Gasteiger partial charge in [-0.2, -0.15) is 0 Å². The first-order valence-electron chi connectivity index (χ1n) is 5.41. The summed E-state index contributed by atoms with van der Waals surface area (Å²) in [5.41, 5.74) is 6.41. The third-order valence-electron chi connectivity index (χ3n) is 2.28. The molecule has 0 spiro atoms. The van der Waals surface area contributed by atoms with Crippen LogP contribution in [0.3, 0.4) is 0 Å². The van der Waals surface area contributed by atoms with Crippen LogP contribution < -0.4 is 11.6 Å². The molecule has 1 heterocycles. The molecule has 0 amide bonds. The second-order valence-corrected chi connectivity index (χ2v) is 4.59. The molecule has 1 aromatic carbocycles. The quantitative estimate of drug-likeness (QED) is 0.471. The van der Waals surface area contributed by atoms with Crippen LogP contribution in [0.15, 0.2) is 35.5 Å². The van der Waals surface area contributed by atoms with Gasteiger partial charge in [0.2, 0.25) is 5.16 Å². The Morgan fingerprint density at radius 2 is 1.94 bits per heavy atom. The normalized spacial score (nSPS) is 10.6. The summed E-state index contributed by atoms with van der Waals surface area (Å²) in [7, 11) is 0. The zero-order chi connectivity index (χ0) is 12.1. The number of thioether (sulfide) groups is 1. The summed E-state index contributed by atoms with van der Waals surface area (Å²) in [6.45, 7) is 0.678. The van der Waals surface area contributed by atoms with Crippen LogP contribution in [0.4, 0.5) is 0 Å². The van der Waals surface area contributed by atoms with Crippen LogP contribution >= 0.6 is 11.8 Å². The van der Waals surface area contributed by atoms with Crippen LogP contribution in [0, 0.1) is 0 Å². The van der Waals surface area contributed by atoms with Crippen molar-refractivity contribution in [3.63, 3.8) is 0 Å². The molecule has 0 unspecified atom stereocenters. The van der Waals surface area contributed by atoms with Crippen LogP contribution in [-0.4, -0.2) is 27.2 Å². The van der Waals surface area contributed by atoms with E-state index in [1.165, 1.54) is 4.68 Å². The van der Waals surface area contributed by atoms with Gasteiger partial charge in [0.05, 0.1) is 0 Å². The third kappa shape index (κ3) is 2.78. The first kappa shape index (κ1) is 11.9. The van der Waals surface area contributed by atoms with Crippen molar-refractivity contribution in [2.45, 2.75) is 11.6 Å². The number of nitrogen functional groups attached to an aromatic ring is 1. The van der Waals surface area contributed by atoms with E-state index in [-0.39, 0.29) is 0 Å². The molecule has 0 radical (unpaired) electrons. The average molecular weight is 249 g/mol. The third-order valence-corrected chi connectivity index (χ3v) is 3.31. The molecule has 0 atom stereocenters. The summed E-state index contributed by atoms with van der Waals surface area (Å²) in [6, 6.07) is 9.78.